The maximum absolute atomic E-state index is 13.7. The fourth-order valence-electron chi connectivity index (χ4n) is 4.08. The van der Waals surface area contributed by atoms with Gasteiger partial charge >= 0.3 is 6.03 Å². The van der Waals surface area contributed by atoms with Crippen LogP contribution in [0.1, 0.15) is 18.4 Å². The highest BCUT2D eigenvalue weighted by molar-refractivity contribution is 5.90. The summed E-state index contributed by atoms with van der Waals surface area (Å²) in [5, 5.41) is 2.66. The van der Waals surface area contributed by atoms with E-state index in [9.17, 15) is 9.18 Å². The largest absolute Gasteiger partial charge is 0.322 e. The molecule has 0 unspecified atom stereocenters. The molecule has 0 radical (unpaired) electrons. The third kappa shape index (κ3) is 4.30. The second-order valence-electron chi connectivity index (χ2n) is 7.64. The number of benzene rings is 2. The number of nitrogens with zero attached hydrogens (tertiary/aromatic N) is 2. The number of carbonyl (C=O) groups is 1. The van der Waals surface area contributed by atoms with Crippen LogP contribution < -0.4 is 5.32 Å². The van der Waals surface area contributed by atoms with E-state index in [0.29, 0.717) is 6.04 Å². The van der Waals surface area contributed by atoms with Gasteiger partial charge in [0.25, 0.3) is 0 Å². The highest BCUT2D eigenvalue weighted by Crippen LogP contribution is 2.26. The number of urea groups is 1. The number of amides is 2. The summed E-state index contributed by atoms with van der Waals surface area (Å²) < 4.78 is 13.7. The number of halogens is 1. The number of hydrogen-bond acceptors (Lipinski definition) is 2. The smallest absolute Gasteiger partial charge is 0.321 e. The number of hydrogen-bond donors (Lipinski definition) is 1. The molecule has 2 heterocycles. The first kappa shape index (κ1) is 18.0. The highest BCUT2D eigenvalue weighted by atomic mass is 19.1. The molecule has 2 aromatic carbocycles. The zero-order chi connectivity index (χ0) is 18.6. The van der Waals surface area contributed by atoms with Gasteiger partial charge in [0.2, 0.25) is 0 Å². The maximum atomic E-state index is 13.7. The number of nitrogens with one attached hydrogen (secondary N) is 1. The summed E-state index contributed by atoms with van der Waals surface area (Å²) in [7, 11) is 0. The van der Waals surface area contributed by atoms with Gasteiger partial charge in [-0.3, -0.25) is 4.90 Å². The normalized spacial score (nSPS) is 18.9. The molecular weight excluding hydrogens is 341 g/mol. The third-order valence-electron chi connectivity index (χ3n) is 5.80. The Balaban J connectivity index is 1.20. The van der Waals surface area contributed by atoms with Gasteiger partial charge < -0.3 is 10.2 Å². The van der Waals surface area contributed by atoms with E-state index in [1.807, 2.05) is 0 Å². The highest BCUT2D eigenvalue weighted by Gasteiger charge is 2.36. The van der Waals surface area contributed by atoms with Crippen LogP contribution in [-0.4, -0.2) is 48.1 Å². The van der Waals surface area contributed by atoms with E-state index in [1.165, 1.54) is 24.5 Å². The molecule has 0 aliphatic carbocycles. The predicted octanol–water partition coefficient (Wildman–Crippen LogP) is 4.00. The average molecular weight is 367 g/mol. The molecule has 2 amide bonds. The van der Waals surface area contributed by atoms with Crippen molar-refractivity contribution in [1.29, 1.82) is 0 Å². The Hall–Kier alpha value is -2.40. The summed E-state index contributed by atoms with van der Waals surface area (Å²) >= 11 is 0. The molecule has 4 rings (SSSR count). The van der Waals surface area contributed by atoms with Crippen LogP contribution in [0.5, 0.6) is 0 Å². The zero-order valence-corrected chi connectivity index (χ0v) is 15.5. The second kappa shape index (κ2) is 8.09. The van der Waals surface area contributed by atoms with Gasteiger partial charge in [-0.05, 0) is 56.0 Å². The summed E-state index contributed by atoms with van der Waals surface area (Å²) in [6.07, 6.45) is 3.59. The predicted molar refractivity (Wildman–Crippen MR) is 105 cm³/mol. The number of piperidine rings is 1. The molecule has 0 atom stereocenters. The molecule has 0 saturated carbocycles. The molecule has 2 aromatic rings. The van der Waals surface area contributed by atoms with Gasteiger partial charge in [-0.15, -0.1) is 0 Å². The molecular formula is C22H26FN3O. The SMILES string of the molecule is O=C(Nc1ccccc1F)N1CC(N2CCC(Cc3ccccc3)CC2)C1. The van der Waals surface area contributed by atoms with Crippen LogP contribution in [-0.2, 0) is 6.42 Å². The molecule has 2 saturated heterocycles. The molecule has 1 N–H and O–H groups in total. The van der Waals surface area contributed by atoms with Crippen LogP contribution in [0.3, 0.4) is 0 Å². The topological polar surface area (TPSA) is 35.6 Å². The monoisotopic (exact) mass is 367 g/mol. The molecule has 27 heavy (non-hydrogen) atoms. The van der Waals surface area contributed by atoms with Crippen molar-refractivity contribution < 1.29 is 9.18 Å². The fraction of sp³-hybridized carbons (Fsp3) is 0.409. The van der Waals surface area contributed by atoms with Crippen molar-refractivity contribution in [1.82, 2.24) is 9.80 Å². The van der Waals surface area contributed by atoms with Crippen molar-refractivity contribution in [3.8, 4) is 0 Å². The molecule has 2 aliphatic heterocycles. The van der Waals surface area contributed by atoms with Crippen molar-refractivity contribution in [2.75, 3.05) is 31.5 Å². The standard InChI is InChI=1S/C22H26FN3O/c23-20-8-4-5-9-21(20)24-22(27)26-15-19(16-26)25-12-10-18(11-13-25)14-17-6-2-1-3-7-17/h1-9,18-19H,10-16H2,(H,24,27). The van der Waals surface area contributed by atoms with E-state index in [1.54, 1.807) is 23.1 Å². The Morgan fingerprint density at radius 1 is 1.00 bits per heavy atom. The number of likely N-dealkylation sites (tertiary alicyclic amines) is 2. The van der Waals surface area contributed by atoms with E-state index in [-0.39, 0.29) is 11.7 Å². The maximum Gasteiger partial charge on any atom is 0.322 e. The lowest BCUT2D eigenvalue weighted by molar-refractivity contribution is 0.0383. The van der Waals surface area contributed by atoms with Gasteiger partial charge in [0, 0.05) is 19.1 Å². The number of carbonyl (C=O) groups excluding carboxylic acids is 1. The summed E-state index contributed by atoms with van der Waals surface area (Å²) in [5.41, 5.74) is 1.67. The van der Waals surface area contributed by atoms with E-state index in [2.05, 4.69) is 40.5 Å². The number of anilines is 1. The minimum absolute atomic E-state index is 0.213. The lowest BCUT2D eigenvalue weighted by atomic mass is 9.89. The molecule has 0 spiro atoms. The van der Waals surface area contributed by atoms with Crippen LogP contribution in [0.4, 0.5) is 14.9 Å². The quantitative estimate of drug-likeness (QED) is 0.887. The number of rotatable bonds is 4. The third-order valence-corrected chi connectivity index (χ3v) is 5.80. The van der Waals surface area contributed by atoms with Crippen molar-refractivity contribution in [2.24, 2.45) is 5.92 Å². The van der Waals surface area contributed by atoms with Crippen LogP contribution in [0.15, 0.2) is 54.6 Å². The molecule has 5 heteroatoms. The van der Waals surface area contributed by atoms with Crippen molar-refractivity contribution >= 4 is 11.7 Å². The minimum Gasteiger partial charge on any atom is -0.321 e. The van der Waals surface area contributed by atoms with Gasteiger partial charge in [-0.2, -0.15) is 0 Å². The fourth-order valence-corrected chi connectivity index (χ4v) is 4.08. The van der Waals surface area contributed by atoms with Crippen molar-refractivity contribution in [2.45, 2.75) is 25.3 Å². The van der Waals surface area contributed by atoms with Gasteiger partial charge in [0.05, 0.1) is 5.69 Å². The Bertz CT molecular complexity index is 768. The Morgan fingerprint density at radius 2 is 1.67 bits per heavy atom. The van der Waals surface area contributed by atoms with Gasteiger partial charge in [-0.25, -0.2) is 9.18 Å². The molecule has 2 fully saturated rings. The Labute approximate surface area is 160 Å². The first-order chi connectivity index (χ1) is 13.2. The molecule has 2 aliphatic rings. The lowest BCUT2D eigenvalue weighted by Crippen LogP contribution is -2.63. The van der Waals surface area contributed by atoms with E-state index in [0.717, 1.165) is 38.5 Å². The van der Waals surface area contributed by atoms with E-state index < -0.39 is 5.82 Å². The van der Waals surface area contributed by atoms with Crippen LogP contribution in [0.2, 0.25) is 0 Å². The Kier molecular flexibility index (Phi) is 5.39. The summed E-state index contributed by atoms with van der Waals surface area (Å²) in [6.45, 7) is 3.66. The van der Waals surface area contributed by atoms with Crippen LogP contribution in [0, 0.1) is 11.7 Å². The zero-order valence-electron chi connectivity index (χ0n) is 15.5. The summed E-state index contributed by atoms with van der Waals surface area (Å²) in [5.74, 6) is 0.354. The first-order valence-electron chi connectivity index (χ1n) is 9.77. The second-order valence-corrected chi connectivity index (χ2v) is 7.64. The van der Waals surface area contributed by atoms with Crippen molar-refractivity contribution in [3.05, 3.63) is 66.0 Å². The van der Waals surface area contributed by atoms with Crippen LogP contribution in [0.25, 0.3) is 0 Å². The summed E-state index contributed by atoms with van der Waals surface area (Å²) in [6, 6.07) is 17.2. The van der Waals surface area contributed by atoms with E-state index in [4.69, 9.17) is 0 Å². The van der Waals surface area contributed by atoms with Gasteiger partial charge in [-0.1, -0.05) is 42.5 Å². The minimum atomic E-state index is -0.400. The van der Waals surface area contributed by atoms with Crippen LogP contribution >= 0.6 is 0 Å². The number of para-hydroxylation sites is 1. The Morgan fingerprint density at radius 3 is 2.37 bits per heavy atom. The first-order valence-corrected chi connectivity index (χ1v) is 9.77. The molecule has 0 bridgehead atoms. The molecule has 142 valence electrons. The average Bonchev–Trinajstić information content (AvgIpc) is 2.65. The molecule has 4 nitrogen and oxygen atoms in total. The summed E-state index contributed by atoms with van der Waals surface area (Å²) in [4.78, 5) is 16.5. The van der Waals surface area contributed by atoms with Gasteiger partial charge in [0.1, 0.15) is 5.82 Å². The molecule has 0 aromatic heterocycles. The van der Waals surface area contributed by atoms with Gasteiger partial charge in [0.15, 0.2) is 0 Å². The van der Waals surface area contributed by atoms with E-state index >= 15 is 0 Å². The van der Waals surface area contributed by atoms with Crippen molar-refractivity contribution in [3.63, 3.8) is 0 Å². The lowest BCUT2D eigenvalue weighted by Gasteiger charge is -2.47.